The molecule has 0 bridgehead atoms. The second kappa shape index (κ2) is 6.69. The lowest BCUT2D eigenvalue weighted by atomic mass is 10.4. The minimum absolute atomic E-state index is 0.0339. The van der Waals surface area contributed by atoms with E-state index in [2.05, 4.69) is 25.7 Å². The van der Waals surface area contributed by atoms with Gasteiger partial charge in [0.25, 0.3) is 0 Å². The van der Waals surface area contributed by atoms with Crippen LogP contribution in [0.15, 0.2) is 0 Å². The third-order valence-electron chi connectivity index (χ3n) is 2.27. The highest BCUT2D eigenvalue weighted by Gasteiger charge is 2.08. The molecule has 0 atom stereocenters. The molecular weight excluding hydrogens is 248 g/mol. The van der Waals surface area contributed by atoms with Crippen LogP contribution in [-0.2, 0) is 4.79 Å². The number of hydrogen-bond donors (Lipinski definition) is 3. The molecule has 0 unspecified atom stereocenters. The molecule has 9 nitrogen and oxygen atoms in total. The number of nitrogens with two attached hydrogens (primary N) is 1. The first-order valence-corrected chi connectivity index (χ1v) is 5.78. The van der Waals surface area contributed by atoms with E-state index in [0.717, 1.165) is 0 Å². The molecule has 0 saturated carbocycles. The highest BCUT2D eigenvalue weighted by Crippen LogP contribution is 2.10. The summed E-state index contributed by atoms with van der Waals surface area (Å²) in [6.45, 7) is 0.442. The average Bonchev–Trinajstić information content (AvgIpc) is 2.37. The van der Waals surface area contributed by atoms with Crippen molar-refractivity contribution in [2.45, 2.75) is 6.42 Å². The molecule has 1 amide bonds. The van der Waals surface area contributed by atoms with E-state index < -0.39 is 0 Å². The van der Waals surface area contributed by atoms with Crippen LogP contribution in [0.25, 0.3) is 0 Å². The van der Waals surface area contributed by atoms with Crippen LogP contribution in [0.1, 0.15) is 6.42 Å². The van der Waals surface area contributed by atoms with Crippen LogP contribution in [0.4, 0.5) is 17.8 Å². The Bertz CT molecular complexity index is 434. The van der Waals surface area contributed by atoms with Gasteiger partial charge in [0.15, 0.2) is 0 Å². The molecule has 4 N–H and O–H groups in total. The third-order valence-corrected chi connectivity index (χ3v) is 2.27. The zero-order chi connectivity index (χ0) is 14.4. The topological polar surface area (TPSA) is 112 Å². The van der Waals surface area contributed by atoms with Crippen LogP contribution in [-0.4, -0.2) is 60.5 Å². The van der Waals surface area contributed by atoms with E-state index in [1.54, 1.807) is 19.0 Å². The Hall–Kier alpha value is -2.16. The van der Waals surface area contributed by atoms with E-state index in [0.29, 0.717) is 24.9 Å². The molecule has 9 heteroatoms. The van der Waals surface area contributed by atoms with Gasteiger partial charge in [-0.15, -0.1) is 0 Å². The minimum Gasteiger partial charge on any atom is -0.354 e. The second-order valence-corrected chi connectivity index (χ2v) is 4.29. The van der Waals surface area contributed by atoms with E-state index in [1.807, 2.05) is 14.1 Å². The van der Waals surface area contributed by atoms with Crippen LogP contribution >= 0.6 is 0 Å². The number of nitrogens with one attached hydrogen (secondary N) is 2. The maximum atomic E-state index is 11.4. The molecule has 1 rings (SSSR count). The smallest absolute Gasteiger partial charge is 0.243 e. The summed E-state index contributed by atoms with van der Waals surface area (Å²) in [4.78, 5) is 27.0. The van der Waals surface area contributed by atoms with Crippen LogP contribution in [0.3, 0.4) is 0 Å². The van der Waals surface area contributed by atoms with Crippen LogP contribution in [0.2, 0.25) is 0 Å². The van der Waals surface area contributed by atoms with Crippen molar-refractivity contribution in [1.82, 2.24) is 19.9 Å². The fraction of sp³-hybridized carbons (Fsp3) is 0.600. The Balaban J connectivity index is 2.67. The lowest BCUT2D eigenvalue weighted by Gasteiger charge is -2.13. The molecule has 1 heterocycles. The lowest BCUT2D eigenvalue weighted by Crippen LogP contribution is -2.24. The minimum atomic E-state index is 0.0339. The number of nitrogens with zero attached hydrogens (tertiary/aromatic N) is 5. The van der Waals surface area contributed by atoms with Gasteiger partial charge in [-0.05, 0) is 0 Å². The van der Waals surface area contributed by atoms with Crippen molar-refractivity contribution in [2.75, 3.05) is 50.4 Å². The summed E-state index contributed by atoms with van der Waals surface area (Å²) < 4.78 is 0. The SMILES string of the molecule is CN(C)C(=O)CCNc1nc(NN)nc(N(C)C)n1. The quantitative estimate of drug-likeness (QED) is 0.450. The van der Waals surface area contributed by atoms with Gasteiger partial charge in [0.1, 0.15) is 0 Å². The zero-order valence-electron chi connectivity index (χ0n) is 11.6. The van der Waals surface area contributed by atoms with Gasteiger partial charge in [-0.25, -0.2) is 5.84 Å². The van der Waals surface area contributed by atoms with Crippen LogP contribution in [0, 0.1) is 0 Å². The molecule has 1 aromatic rings. The molecule has 0 aliphatic heterocycles. The zero-order valence-corrected chi connectivity index (χ0v) is 11.6. The summed E-state index contributed by atoms with van der Waals surface area (Å²) in [5.41, 5.74) is 2.38. The molecular formula is C10H20N8O. The number of hydrazine groups is 1. The van der Waals surface area contributed by atoms with Crippen molar-refractivity contribution in [1.29, 1.82) is 0 Å². The Morgan fingerprint density at radius 3 is 2.32 bits per heavy atom. The third kappa shape index (κ3) is 4.54. The normalized spacial score (nSPS) is 9.95. The van der Waals surface area contributed by atoms with Crippen LogP contribution in [0.5, 0.6) is 0 Å². The van der Waals surface area contributed by atoms with Gasteiger partial charge in [-0.1, -0.05) is 0 Å². The van der Waals surface area contributed by atoms with Gasteiger partial charge in [0.05, 0.1) is 0 Å². The number of carbonyl (C=O) groups excluding carboxylic acids is 1. The van der Waals surface area contributed by atoms with Crippen molar-refractivity contribution in [3.8, 4) is 0 Å². The predicted octanol–water partition coefficient (Wildman–Crippen LogP) is -0.887. The van der Waals surface area contributed by atoms with Crippen molar-refractivity contribution in [2.24, 2.45) is 5.84 Å². The van der Waals surface area contributed by atoms with Gasteiger partial charge in [0, 0.05) is 41.2 Å². The molecule has 19 heavy (non-hydrogen) atoms. The molecule has 0 fully saturated rings. The molecule has 0 saturated heterocycles. The van der Waals surface area contributed by atoms with E-state index in [-0.39, 0.29) is 11.9 Å². The highest BCUT2D eigenvalue weighted by atomic mass is 16.2. The lowest BCUT2D eigenvalue weighted by molar-refractivity contribution is -0.128. The molecule has 0 aliphatic rings. The van der Waals surface area contributed by atoms with E-state index in [1.165, 1.54) is 4.90 Å². The summed E-state index contributed by atoms with van der Waals surface area (Å²) >= 11 is 0. The Kier molecular flexibility index (Phi) is 5.24. The fourth-order valence-corrected chi connectivity index (χ4v) is 1.21. The summed E-state index contributed by atoms with van der Waals surface area (Å²) in [6, 6.07) is 0. The molecule has 1 aromatic heterocycles. The van der Waals surface area contributed by atoms with Crippen LogP contribution < -0.4 is 21.5 Å². The molecule has 106 valence electrons. The number of amides is 1. The number of hydrogen-bond acceptors (Lipinski definition) is 8. The first-order chi connectivity index (χ1) is 8.93. The van der Waals surface area contributed by atoms with Crippen molar-refractivity contribution < 1.29 is 4.79 Å². The summed E-state index contributed by atoms with van der Waals surface area (Å²) in [5, 5.41) is 2.97. The second-order valence-electron chi connectivity index (χ2n) is 4.29. The number of aromatic nitrogens is 3. The Morgan fingerprint density at radius 2 is 1.79 bits per heavy atom. The van der Waals surface area contributed by atoms with Gasteiger partial charge in [0.2, 0.25) is 23.8 Å². The predicted molar refractivity (Wildman–Crippen MR) is 73.8 cm³/mol. The first-order valence-electron chi connectivity index (χ1n) is 5.78. The fourth-order valence-electron chi connectivity index (χ4n) is 1.21. The monoisotopic (exact) mass is 268 g/mol. The first kappa shape index (κ1) is 14.9. The summed E-state index contributed by atoms with van der Waals surface area (Å²) in [7, 11) is 7.06. The summed E-state index contributed by atoms with van der Waals surface area (Å²) in [5.74, 6) is 6.44. The molecule has 0 spiro atoms. The van der Waals surface area contributed by atoms with E-state index >= 15 is 0 Å². The number of rotatable bonds is 6. The number of nitrogen functional groups attached to an aromatic ring is 1. The Labute approximate surface area is 112 Å². The van der Waals surface area contributed by atoms with Gasteiger partial charge in [-0.3, -0.25) is 10.2 Å². The van der Waals surface area contributed by atoms with Gasteiger partial charge >= 0.3 is 0 Å². The average molecular weight is 268 g/mol. The van der Waals surface area contributed by atoms with E-state index in [9.17, 15) is 4.79 Å². The van der Waals surface area contributed by atoms with Crippen molar-refractivity contribution in [3.63, 3.8) is 0 Å². The Morgan fingerprint density at radius 1 is 1.16 bits per heavy atom. The van der Waals surface area contributed by atoms with Gasteiger partial charge < -0.3 is 15.1 Å². The molecule has 0 aliphatic carbocycles. The molecule has 0 aromatic carbocycles. The van der Waals surface area contributed by atoms with E-state index in [4.69, 9.17) is 5.84 Å². The van der Waals surface area contributed by atoms with Gasteiger partial charge in [-0.2, -0.15) is 15.0 Å². The standard InChI is InChI=1S/C10H20N8O/c1-17(2)7(19)5-6-12-8-13-9(16-11)15-10(14-8)18(3)4/h5-6,11H2,1-4H3,(H2,12,13,14,15,16). The number of carbonyl (C=O) groups is 1. The largest absolute Gasteiger partial charge is 0.354 e. The maximum absolute atomic E-state index is 11.4. The maximum Gasteiger partial charge on any atom is 0.243 e. The summed E-state index contributed by atoms with van der Waals surface area (Å²) in [6.07, 6.45) is 0.362. The molecule has 0 radical (unpaired) electrons. The van der Waals surface area contributed by atoms with Crippen molar-refractivity contribution in [3.05, 3.63) is 0 Å². The van der Waals surface area contributed by atoms with Crippen molar-refractivity contribution >= 4 is 23.8 Å². The highest BCUT2D eigenvalue weighted by molar-refractivity contribution is 5.76. The number of anilines is 3.